The molecular formula is C17H19NO3. The van der Waals surface area contributed by atoms with Crippen LogP contribution in [0.3, 0.4) is 0 Å². The van der Waals surface area contributed by atoms with Crippen molar-refractivity contribution in [2.75, 3.05) is 14.2 Å². The molecule has 0 spiro atoms. The maximum atomic E-state index is 12.0. The summed E-state index contributed by atoms with van der Waals surface area (Å²) in [4.78, 5) is 12.0. The van der Waals surface area contributed by atoms with Gasteiger partial charge < -0.3 is 9.47 Å². The minimum Gasteiger partial charge on any atom is -0.497 e. The van der Waals surface area contributed by atoms with Gasteiger partial charge in [0.2, 0.25) is 0 Å². The number of hydrogen-bond donors (Lipinski definition) is 1. The predicted octanol–water partition coefficient (Wildman–Crippen LogP) is 2.81. The molecule has 4 heteroatoms. The summed E-state index contributed by atoms with van der Waals surface area (Å²) in [7, 11) is 3.08. The maximum Gasteiger partial charge on any atom is 0.327 e. The fourth-order valence-corrected chi connectivity index (χ4v) is 2.45. The van der Waals surface area contributed by atoms with E-state index < -0.39 is 6.04 Å². The molecule has 0 saturated heterocycles. The van der Waals surface area contributed by atoms with E-state index in [1.165, 1.54) is 7.11 Å². The maximum absolute atomic E-state index is 12.0. The molecule has 1 aliphatic carbocycles. The average Bonchev–Trinajstić information content (AvgIpc) is 3.35. The summed E-state index contributed by atoms with van der Waals surface area (Å²) in [5.74, 6) is 0.589. The van der Waals surface area contributed by atoms with Gasteiger partial charge in [0.25, 0.3) is 0 Å². The van der Waals surface area contributed by atoms with Gasteiger partial charge in [0.05, 0.1) is 14.2 Å². The van der Waals surface area contributed by atoms with E-state index in [9.17, 15) is 4.79 Å². The summed E-state index contributed by atoms with van der Waals surface area (Å²) in [5, 5.41) is 5.52. The summed E-state index contributed by atoms with van der Waals surface area (Å²) in [6, 6.07) is 12.0. The number of methoxy groups -OCH3 is 2. The number of hydrogen-bond acceptors (Lipinski definition) is 4. The Morgan fingerprint density at radius 2 is 1.86 bits per heavy atom. The van der Waals surface area contributed by atoms with Crippen molar-refractivity contribution < 1.29 is 14.3 Å². The van der Waals surface area contributed by atoms with Gasteiger partial charge in [0.1, 0.15) is 11.8 Å². The van der Waals surface area contributed by atoms with Crippen molar-refractivity contribution in [3.8, 4) is 5.75 Å². The molecular weight excluding hydrogens is 266 g/mol. The molecule has 4 nitrogen and oxygen atoms in total. The van der Waals surface area contributed by atoms with Crippen molar-refractivity contribution in [1.82, 2.24) is 5.32 Å². The summed E-state index contributed by atoms with van der Waals surface area (Å²) in [6.45, 7) is 0. The Balaban J connectivity index is 1.95. The highest BCUT2D eigenvalue weighted by Gasteiger charge is 2.30. The number of fused-ring (bicyclic) bond motifs is 1. The molecule has 1 N–H and O–H groups in total. The van der Waals surface area contributed by atoms with Crippen LogP contribution in [-0.4, -0.2) is 26.2 Å². The van der Waals surface area contributed by atoms with Crippen LogP contribution in [0.1, 0.15) is 24.4 Å². The van der Waals surface area contributed by atoms with Crippen LogP contribution in [0, 0.1) is 0 Å². The van der Waals surface area contributed by atoms with Crippen LogP contribution in [0.5, 0.6) is 5.75 Å². The molecule has 0 amide bonds. The molecule has 0 radical (unpaired) electrons. The molecule has 0 aromatic heterocycles. The summed E-state index contributed by atoms with van der Waals surface area (Å²) in [6.07, 6.45) is 2.25. The second-order valence-corrected chi connectivity index (χ2v) is 5.37. The van der Waals surface area contributed by atoms with Gasteiger partial charge in [0, 0.05) is 6.04 Å². The molecule has 0 heterocycles. The van der Waals surface area contributed by atoms with Gasteiger partial charge in [0.15, 0.2) is 0 Å². The predicted molar refractivity (Wildman–Crippen MR) is 81.4 cm³/mol. The highest BCUT2D eigenvalue weighted by molar-refractivity contribution is 5.86. The van der Waals surface area contributed by atoms with Gasteiger partial charge in [-0.1, -0.05) is 18.2 Å². The third-order valence-electron chi connectivity index (χ3n) is 3.82. The fraction of sp³-hybridized carbons (Fsp3) is 0.353. The normalized spacial score (nSPS) is 15.7. The first-order valence-electron chi connectivity index (χ1n) is 7.13. The van der Waals surface area contributed by atoms with Gasteiger partial charge >= 0.3 is 5.97 Å². The lowest BCUT2D eigenvalue weighted by Gasteiger charge is -2.17. The van der Waals surface area contributed by atoms with Crippen LogP contribution in [0.2, 0.25) is 0 Å². The Bertz CT molecular complexity index is 664. The number of carbonyl (C=O) groups excluding carboxylic acids is 1. The monoisotopic (exact) mass is 285 g/mol. The van der Waals surface area contributed by atoms with E-state index in [2.05, 4.69) is 5.32 Å². The zero-order valence-corrected chi connectivity index (χ0v) is 12.3. The molecule has 3 rings (SSSR count). The van der Waals surface area contributed by atoms with Crippen molar-refractivity contribution in [3.05, 3.63) is 42.0 Å². The molecule has 1 atom stereocenters. The second-order valence-electron chi connectivity index (χ2n) is 5.37. The van der Waals surface area contributed by atoms with Crippen LogP contribution in [0.4, 0.5) is 0 Å². The van der Waals surface area contributed by atoms with Gasteiger partial charge in [-0.3, -0.25) is 5.32 Å². The van der Waals surface area contributed by atoms with E-state index >= 15 is 0 Å². The molecule has 0 aliphatic heterocycles. The van der Waals surface area contributed by atoms with Gasteiger partial charge in [-0.2, -0.15) is 0 Å². The molecule has 110 valence electrons. The molecule has 1 aliphatic rings. The van der Waals surface area contributed by atoms with Crippen LogP contribution >= 0.6 is 0 Å². The number of ether oxygens (including phenoxy) is 2. The van der Waals surface area contributed by atoms with Gasteiger partial charge in [-0.25, -0.2) is 4.79 Å². The van der Waals surface area contributed by atoms with Crippen molar-refractivity contribution >= 4 is 16.7 Å². The van der Waals surface area contributed by atoms with E-state index in [0.717, 1.165) is 34.9 Å². The molecule has 1 unspecified atom stereocenters. The Labute approximate surface area is 124 Å². The van der Waals surface area contributed by atoms with Crippen LogP contribution in [-0.2, 0) is 9.53 Å². The third kappa shape index (κ3) is 3.00. The Morgan fingerprint density at radius 3 is 2.52 bits per heavy atom. The highest BCUT2D eigenvalue weighted by atomic mass is 16.5. The van der Waals surface area contributed by atoms with E-state index in [1.54, 1.807) is 7.11 Å². The number of benzene rings is 2. The SMILES string of the molecule is COC(=O)C(NC1CC1)c1ccc2cc(OC)ccc2c1. The average molecular weight is 285 g/mol. The third-order valence-corrected chi connectivity index (χ3v) is 3.82. The van der Waals surface area contributed by atoms with Crippen molar-refractivity contribution in [2.24, 2.45) is 0 Å². The lowest BCUT2D eigenvalue weighted by atomic mass is 10.0. The fourth-order valence-electron chi connectivity index (χ4n) is 2.45. The topological polar surface area (TPSA) is 47.6 Å². The van der Waals surface area contributed by atoms with Crippen LogP contribution in [0.15, 0.2) is 36.4 Å². The second kappa shape index (κ2) is 5.74. The zero-order chi connectivity index (χ0) is 14.8. The number of carbonyl (C=O) groups is 1. The smallest absolute Gasteiger partial charge is 0.327 e. The molecule has 2 aromatic carbocycles. The molecule has 0 bridgehead atoms. The number of rotatable bonds is 5. The first kappa shape index (κ1) is 13.9. The van der Waals surface area contributed by atoms with Crippen LogP contribution in [0.25, 0.3) is 10.8 Å². The van der Waals surface area contributed by atoms with E-state index in [4.69, 9.17) is 9.47 Å². The Hall–Kier alpha value is -2.07. The standard InChI is InChI=1S/C17H19NO3/c1-20-15-8-5-11-9-13(4-3-12(11)10-15)16(17(19)21-2)18-14-6-7-14/h3-5,8-10,14,16,18H,6-7H2,1-2H3. The quantitative estimate of drug-likeness (QED) is 0.858. The Kier molecular flexibility index (Phi) is 3.80. The summed E-state index contributed by atoms with van der Waals surface area (Å²) >= 11 is 0. The van der Waals surface area contributed by atoms with E-state index in [0.29, 0.717) is 6.04 Å². The van der Waals surface area contributed by atoms with Crippen molar-refractivity contribution in [1.29, 1.82) is 0 Å². The molecule has 2 aromatic rings. The van der Waals surface area contributed by atoms with Crippen molar-refractivity contribution in [2.45, 2.75) is 24.9 Å². The van der Waals surface area contributed by atoms with Gasteiger partial charge in [-0.05, 0) is 47.4 Å². The Morgan fingerprint density at radius 1 is 1.14 bits per heavy atom. The van der Waals surface area contributed by atoms with E-state index in [1.807, 2.05) is 36.4 Å². The number of esters is 1. The van der Waals surface area contributed by atoms with E-state index in [-0.39, 0.29) is 5.97 Å². The lowest BCUT2D eigenvalue weighted by Crippen LogP contribution is -2.31. The van der Waals surface area contributed by atoms with Crippen molar-refractivity contribution in [3.63, 3.8) is 0 Å². The summed E-state index contributed by atoms with van der Waals surface area (Å²) < 4.78 is 10.2. The zero-order valence-electron chi connectivity index (χ0n) is 12.3. The summed E-state index contributed by atoms with van der Waals surface area (Å²) in [5.41, 5.74) is 0.936. The first-order chi connectivity index (χ1) is 10.2. The highest BCUT2D eigenvalue weighted by Crippen LogP contribution is 2.28. The van der Waals surface area contributed by atoms with Crippen LogP contribution < -0.4 is 10.1 Å². The lowest BCUT2D eigenvalue weighted by molar-refractivity contribution is -0.143. The first-order valence-corrected chi connectivity index (χ1v) is 7.13. The minimum atomic E-state index is -0.394. The number of nitrogens with one attached hydrogen (secondary N) is 1. The molecule has 1 saturated carbocycles. The minimum absolute atomic E-state index is 0.241. The van der Waals surface area contributed by atoms with Gasteiger partial charge in [-0.15, -0.1) is 0 Å². The largest absolute Gasteiger partial charge is 0.497 e. The molecule has 1 fully saturated rings. The molecule has 21 heavy (non-hydrogen) atoms.